The smallest absolute Gasteiger partial charge is 0.324 e. The third-order valence-corrected chi connectivity index (χ3v) is 3.40. The first-order chi connectivity index (χ1) is 9.69. The fourth-order valence-corrected chi connectivity index (χ4v) is 2.27. The van der Waals surface area contributed by atoms with Crippen LogP contribution in [0.15, 0.2) is 35.7 Å². The predicted octanol–water partition coefficient (Wildman–Crippen LogP) is 3.17. The van der Waals surface area contributed by atoms with Crippen molar-refractivity contribution in [3.8, 4) is 11.8 Å². The Labute approximate surface area is 119 Å². The summed E-state index contributed by atoms with van der Waals surface area (Å²) in [6, 6.07) is 10.6. The van der Waals surface area contributed by atoms with Gasteiger partial charge in [-0.1, -0.05) is 11.3 Å². The van der Waals surface area contributed by atoms with Gasteiger partial charge in [0.05, 0.1) is 4.92 Å². The molecule has 1 N–H and O–H groups in total. The third-order valence-electron chi connectivity index (χ3n) is 2.47. The van der Waals surface area contributed by atoms with Gasteiger partial charge in [-0.2, -0.15) is 5.26 Å². The molecule has 0 saturated heterocycles. The number of nitrogens with zero attached hydrogens (tertiary/aromatic N) is 2. The molecule has 6 nitrogen and oxygen atoms in total. The summed E-state index contributed by atoms with van der Waals surface area (Å²) in [5.74, 6) is 0.628. The van der Waals surface area contributed by atoms with E-state index in [-0.39, 0.29) is 11.6 Å². The van der Waals surface area contributed by atoms with Gasteiger partial charge in [0, 0.05) is 23.7 Å². The average Bonchev–Trinajstić information content (AvgIpc) is 2.93. The molecule has 1 aromatic carbocycles. The van der Waals surface area contributed by atoms with E-state index in [1.165, 1.54) is 0 Å². The molecule has 0 aliphatic rings. The summed E-state index contributed by atoms with van der Waals surface area (Å²) in [4.78, 5) is 10.2. The molecule has 7 heteroatoms. The average molecular weight is 289 g/mol. The van der Waals surface area contributed by atoms with Crippen LogP contribution in [0.3, 0.4) is 0 Å². The Bertz CT molecular complexity index is 631. The molecule has 0 aliphatic carbocycles. The largest absolute Gasteiger partial charge is 0.479 e. The Hall–Kier alpha value is -2.59. The molecular weight excluding hydrogens is 278 g/mol. The zero-order valence-corrected chi connectivity index (χ0v) is 11.2. The van der Waals surface area contributed by atoms with Gasteiger partial charge >= 0.3 is 5.00 Å². The molecular formula is C13H11N3O3S. The third kappa shape index (κ3) is 3.70. The highest BCUT2D eigenvalue weighted by molar-refractivity contribution is 7.13. The normalized spacial score (nSPS) is 9.75. The summed E-state index contributed by atoms with van der Waals surface area (Å²) in [5, 5.41) is 24.0. The van der Waals surface area contributed by atoms with Crippen molar-refractivity contribution in [2.75, 3.05) is 11.9 Å². The van der Waals surface area contributed by atoms with E-state index in [2.05, 4.69) is 5.32 Å². The zero-order chi connectivity index (χ0) is 14.4. The van der Waals surface area contributed by atoms with Gasteiger partial charge in [0.2, 0.25) is 0 Å². The Kier molecular flexibility index (Phi) is 4.52. The van der Waals surface area contributed by atoms with Gasteiger partial charge in [-0.3, -0.25) is 10.1 Å². The molecule has 0 amide bonds. The lowest BCUT2D eigenvalue weighted by Gasteiger charge is -2.06. The van der Waals surface area contributed by atoms with Crippen LogP contribution in [0.25, 0.3) is 0 Å². The number of nitriles is 1. The van der Waals surface area contributed by atoms with Gasteiger partial charge in [-0.15, -0.1) is 0 Å². The van der Waals surface area contributed by atoms with E-state index in [4.69, 9.17) is 10.00 Å². The monoisotopic (exact) mass is 289 g/mol. The van der Waals surface area contributed by atoms with E-state index >= 15 is 0 Å². The van der Waals surface area contributed by atoms with Crippen molar-refractivity contribution in [3.63, 3.8) is 0 Å². The lowest BCUT2D eigenvalue weighted by atomic mass is 10.2. The maximum absolute atomic E-state index is 10.6. The summed E-state index contributed by atoms with van der Waals surface area (Å²) in [7, 11) is 0. The first kappa shape index (κ1) is 13.8. The number of rotatable bonds is 6. The molecule has 0 radical (unpaired) electrons. The van der Waals surface area contributed by atoms with Crippen molar-refractivity contribution in [1.29, 1.82) is 5.26 Å². The lowest BCUT2D eigenvalue weighted by molar-refractivity contribution is -0.380. The van der Waals surface area contributed by atoms with Gasteiger partial charge in [0.25, 0.3) is 0 Å². The van der Waals surface area contributed by atoms with Crippen molar-refractivity contribution in [2.45, 2.75) is 6.54 Å². The maximum atomic E-state index is 10.6. The molecule has 0 spiro atoms. The molecule has 0 bridgehead atoms. The van der Waals surface area contributed by atoms with Crippen LogP contribution >= 0.6 is 11.3 Å². The van der Waals surface area contributed by atoms with Crippen LogP contribution in [0.5, 0.6) is 5.75 Å². The van der Waals surface area contributed by atoms with Crippen molar-refractivity contribution in [3.05, 3.63) is 51.4 Å². The number of ether oxygens (including phenoxy) is 1. The van der Waals surface area contributed by atoms with Crippen LogP contribution in [0, 0.1) is 21.4 Å². The van der Waals surface area contributed by atoms with E-state index in [0.717, 1.165) is 22.6 Å². The zero-order valence-electron chi connectivity index (χ0n) is 10.4. The van der Waals surface area contributed by atoms with Gasteiger partial charge in [0.15, 0.2) is 6.61 Å². The van der Waals surface area contributed by atoms with Crippen molar-refractivity contribution >= 4 is 22.0 Å². The minimum Gasteiger partial charge on any atom is -0.479 e. The Morgan fingerprint density at radius 3 is 2.75 bits per heavy atom. The summed E-state index contributed by atoms with van der Waals surface area (Å²) < 4.78 is 5.14. The van der Waals surface area contributed by atoms with Crippen LogP contribution in [-0.2, 0) is 6.54 Å². The standard InChI is InChI=1S/C13H11N3O3S/c14-5-6-19-12-3-1-11(2-4-12)15-8-10-7-13(16(17)18)20-9-10/h1-4,7,9,15H,6,8H2. The van der Waals surface area contributed by atoms with Crippen LogP contribution in [0.1, 0.15) is 5.56 Å². The molecule has 0 saturated carbocycles. The summed E-state index contributed by atoms with van der Waals surface area (Å²) in [5.41, 5.74) is 1.75. The molecule has 0 fully saturated rings. The van der Waals surface area contributed by atoms with Crippen LogP contribution in [0.4, 0.5) is 10.7 Å². The van der Waals surface area contributed by atoms with Crippen molar-refractivity contribution in [2.24, 2.45) is 0 Å². The van der Waals surface area contributed by atoms with Gasteiger partial charge in [0.1, 0.15) is 11.8 Å². The second kappa shape index (κ2) is 6.54. The second-order valence-electron chi connectivity index (χ2n) is 3.88. The quantitative estimate of drug-likeness (QED) is 0.651. The fourth-order valence-electron chi connectivity index (χ4n) is 1.54. The number of thiophene rings is 1. The topological polar surface area (TPSA) is 88.2 Å². The number of nitrogens with one attached hydrogen (secondary N) is 1. The molecule has 0 atom stereocenters. The molecule has 1 aromatic heterocycles. The summed E-state index contributed by atoms with van der Waals surface area (Å²) in [6.45, 7) is 0.536. The highest BCUT2D eigenvalue weighted by Crippen LogP contribution is 2.23. The summed E-state index contributed by atoms with van der Waals surface area (Å²) >= 11 is 1.11. The highest BCUT2D eigenvalue weighted by Gasteiger charge is 2.09. The van der Waals surface area contributed by atoms with Crippen molar-refractivity contribution in [1.82, 2.24) is 0 Å². The highest BCUT2D eigenvalue weighted by atomic mass is 32.1. The minimum absolute atomic E-state index is 0.0192. The van der Waals surface area contributed by atoms with Crippen LogP contribution in [0.2, 0.25) is 0 Å². The Balaban J connectivity index is 1.90. The van der Waals surface area contributed by atoms with E-state index < -0.39 is 4.92 Å². The van der Waals surface area contributed by atoms with Crippen LogP contribution < -0.4 is 10.1 Å². The summed E-state index contributed by atoms with van der Waals surface area (Å²) in [6.07, 6.45) is 0. The molecule has 0 unspecified atom stereocenters. The lowest BCUT2D eigenvalue weighted by Crippen LogP contribution is -1.98. The number of nitro groups is 1. The predicted molar refractivity (Wildman–Crippen MR) is 75.9 cm³/mol. The Morgan fingerprint density at radius 2 is 2.15 bits per heavy atom. The first-order valence-electron chi connectivity index (χ1n) is 5.74. The number of anilines is 1. The SMILES string of the molecule is N#CCOc1ccc(NCc2csc([N+](=O)[O-])c2)cc1. The minimum atomic E-state index is -0.393. The number of benzene rings is 1. The Morgan fingerprint density at radius 1 is 1.40 bits per heavy atom. The molecule has 20 heavy (non-hydrogen) atoms. The number of hydrogen-bond acceptors (Lipinski definition) is 6. The maximum Gasteiger partial charge on any atom is 0.324 e. The van der Waals surface area contributed by atoms with E-state index in [1.54, 1.807) is 23.6 Å². The van der Waals surface area contributed by atoms with Gasteiger partial charge in [-0.25, -0.2) is 0 Å². The van der Waals surface area contributed by atoms with Crippen LogP contribution in [-0.4, -0.2) is 11.5 Å². The molecule has 1 heterocycles. The first-order valence-corrected chi connectivity index (χ1v) is 6.62. The van der Waals surface area contributed by atoms with E-state index in [1.807, 2.05) is 18.2 Å². The number of hydrogen-bond donors (Lipinski definition) is 1. The van der Waals surface area contributed by atoms with Gasteiger partial charge in [-0.05, 0) is 29.8 Å². The fraction of sp³-hybridized carbons (Fsp3) is 0.154. The van der Waals surface area contributed by atoms with Gasteiger partial charge < -0.3 is 10.1 Å². The van der Waals surface area contributed by atoms with E-state index in [0.29, 0.717) is 12.3 Å². The van der Waals surface area contributed by atoms with E-state index in [9.17, 15) is 10.1 Å². The molecule has 0 aliphatic heterocycles. The van der Waals surface area contributed by atoms with Crippen molar-refractivity contribution < 1.29 is 9.66 Å². The molecule has 2 rings (SSSR count). The molecule has 2 aromatic rings. The second-order valence-corrected chi connectivity index (χ2v) is 4.76. The molecule has 102 valence electrons.